The van der Waals surface area contributed by atoms with Crippen molar-refractivity contribution in [1.29, 1.82) is 0 Å². The Labute approximate surface area is 246 Å². The van der Waals surface area contributed by atoms with Crippen molar-refractivity contribution in [2.75, 3.05) is 6.61 Å². The van der Waals surface area contributed by atoms with E-state index in [0.717, 1.165) is 31.6 Å². The van der Waals surface area contributed by atoms with Crippen LogP contribution in [0.25, 0.3) is 0 Å². The van der Waals surface area contributed by atoms with Crippen molar-refractivity contribution in [3.63, 3.8) is 0 Å². The number of aliphatic hydroxyl groups is 5. The van der Waals surface area contributed by atoms with E-state index >= 15 is 0 Å². The summed E-state index contributed by atoms with van der Waals surface area (Å²) in [4.78, 5) is 13.9. The second-order valence-corrected chi connectivity index (χ2v) is 15.5. The van der Waals surface area contributed by atoms with E-state index in [2.05, 4.69) is 34.6 Å². The minimum Gasteiger partial charge on any atom is -0.394 e. The molecule has 5 N–H and O–H groups in total. The Morgan fingerprint density at radius 2 is 1.59 bits per heavy atom. The normalized spacial score (nSPS) is 50.8. The number of ether oxygens (including phenoxy) is 2. The summed E-state index contributed by atoms with van der Waals surface area (Å²) in [6, 6.07) is 0. The topological polar surface area (TPSA) is 137 Å². The van der Waals surface area contributed by atoms with Gasteiger partial charge >= 0.3 is 0 Å². The molecule has 1 heterocycles. The molecule has 8 heteroatoms. The minimum absolute atomic E-state index is 0.0123. The molecule has 1 aliphatic heterocycles. The average molecular weight is 581 g/mol. The molecule has 15 atom stereocenters. The van der Waals surface area contributed by atoms with Gasteiger partial charge in [0.05, 0.1) is 12.7 Å². The van der Waals surface area contributed by atoms with Gasteiger partial charge in [-0.1, -0.05) is 53.9 Å². The van der Waals surface area contributed by atoms with Gasteiger partial charge in [0.1, 0.15) is 30.5 Å². The van der Waals surface area contributed by atoms with Crippen LogP contribution in [0, 0.1) is 52.3 Å². The number of ketones is 1. The summed E-state index contributed by atoms with van der Waals surface area (Å²) in [7, 11) is 0. The summed E-state index contributed by atoms with van der Waals surface area (Å²) in [5, 5.41) is 52.0. The standard InChI is InChI=1S/C33H56O8/c1-17(2)7-6-8-18(3)20-9-10-21-25-22(12-14-32(20,21)4)33(5)13-11-19(15-23(33)26(35)28(25)37)40-31-30(39)29(38)27(36)24(16-34)41-31/h17-25,27-31,34,36-39H,6-16H2,1-5H3/t18-,19?,20-,21?,22?,23?,24-,25?,27+,28?,29+,30-,31+,32-,33-/m1/s1. The highest BCUT2D eigenvalue weighted by Gasteiger charge is 2.65. The molecule has 0 aromatic rings. The molecule has 0 radical (unpaired) electrons. The molecule has 4 saturated carbocycles. The first-order valence-electron chi connectivity index (χ1n) is 16.5. The quantitative estimate of drug-likeness (QED) is 0.276. The van der Waals surface area contributed by atoms with Crippen molar-refractivity contribution in [3.8, 4) is 0 Å². The molecule has 236 valence electrons. The molecule has 41 heavy (non-hydrogen) atoms. The van der Waals surface area contributed by atoms with E-state index in [9.17, 15) is 30.3 Å². The highest BCUT2D eigenvalue weighted by Crippen LogP contribution is 2.68. The van der Waals surface area contributed by atoms with Crippen LogP contribution in [0.1, 0.15) is 98.8 Å². The SMILES string of the molecule is CC(C)CCC[C@@H](C)[C@H]1CCC2C3C(O)C(=O)C4CC(O[C@H]5O[C@H](CO)[C@H](O)[C@H](O)[C@H]5O)CC[C@]4(C)C3CC[C@@]21C. The average Bonchev–Trinajstić information content (AvgIpc) is 3.29. The zero-order chi connectivity index (χ0) is 29.9. The molecule has 0 spiro atoms. The van der Waals surface area contributed by atoms with Gasteiger partial charge in [0.25, 0.3) is 0 Å². The number of hydrogen-bond donors (Lipinski definition) is 5. The Kier molecular flexibility index (Phi) is 9.35. The van der Waals surface area contributed by atoms with Crippen molar-refractivity contribution in [3.05, 3.63) is 0 Å². The van der Waals surface area contributed by atoms with Crippen LogP contribution in [-0.4, -0.2) is 80.8 Å². The van der Waals surface area contributed by atoms with Gasteiger partial charge in [0, 0.05) is 5.92 Å². The molecular formula is C33H56O8. The third-order valence-electron chi connectivity index (χ3n) is 12.9. The van der Waals surface area contributed by atoms with Crippen LogP contribution >= 0.6 is 0 Å². The Morgan fingerprint density at radius 1 is 0.902 bits per heavy atom. The van der Waals surface area contributed by atoms with E-state index in [1.165, 1.54) is 25.7 Å². The number of carbonyl (C=O) groups is 1. The fraction of sp³-hybridized carbons (Fsp3) is 0.970. The van der Waals surface area contributed by atoms with Crippen LogP contribution in [-0.2, 0) is 14.3 Å². The molecule has 0 bridgehead atoms. The van der Waals surface area contributed by atoms with Crippen LogP contribution in [0.15, 0.2) is 0 Å². The van der Waals surface area contributed by atoms with Gasteiger partial charge in [-0.25, -0.2) is 0 Å². The van der Waals surface area contributed by atoms with Crippen molar-refractivity contribution < 1.29 is 39.8 Å². The van der Waals surface area contributed by atoms with Gasteiger partial charge in [-0.3, -0.25) is 4.79 Å². The number of fused-ring (bicyclic) bond motifs is 5. The molecule has 1 saturated heterocycles. The lowest BCUT2D eigenvalue weighted by atomic mass is 9.43. The summed E-state index contributed by atoms with van der Waals surface area (Å²) < 4.78 is 11.7. The lowest BCUT2D eigenvalue weighted by Gasteiger charge is -2.61. The predicted molar refractivity (Wildman–Crippen MR) is 153 cm³/mol. The van der Waals surface area contributed by atoms with Gasteiger partial charge in [-0.15, -0.1) is 0 Å². The van der Waals surface area contributed by atoms with Crippen molar-refractivity contribution in [2.45, 2.75) is 142 Å². The first kappa shape index (κ1) is 31.8. The van der Waals surface area contributed by atoms with E-state index < -0.39 is 49.5 Å². The summed E-state index contributed by atoms with van der Waals surface area (Å²) in [5.74, 6) is 2.33. The summed E-state index contributed by atoms with van der Waals surface area (Å²) in [6.45, 7) is 11.2. The van der Waals surface area contributed by atoms with Crippen molar-refractivity contribution in [2.24, 2.45) is 52.3 Å². The van der Waals surface area contributed by atoms with E-state index in [1.54, 1.807) is 0 Å². The van der Waals surface area contributed by atoms with Crippen LogP contribution in [0.2, 0.25) is 0 Å². The number of carbonyl (C=O) groups excluding carboxylic acids is 1. The fourth-order valence-corrected chi connectivity index (χ4v) is 10.5. The van der Waals surface area contributed by atoms with E-state index in [1.807, 2.05) is 0 Å². The van der Waals surface area contributed by atoms with E-state index in [0.29, 0.717) is 36.5 Å². The maximum Gasteiger partial charge on any atom is 0.186 e. The molecule has 8 nitrogen and oxygen atoms in total. The van der Waals surface area contributed by atoms with Crippen LogP contribution in [0.5, 0.6) is 0 Å². The zero-order valence-electron chi connectivity index (χ0n) is 25.8. The fourth-order valence-electron chi connectivity index (χ4n) is 10.5. The lowest BCUT2D eigenvalue weighted by Crippen LogP contribution is -2.63. The Balaban J connectivity index is 1.28. The number of rotatable bonds is 8. The highest BCUT2D eigenvalue weighted by atomic mass is 16.7. The predicted octanol–water partition coefficient (Wildman–Crippen LogP) is 3.44. The molecule has 5 aliphatic rings. The Bertz CT molecular complexity index is 925. The molecule has 6 unspecified atom stereocenters. The first-order valence-corrected chi connectivity index (χ1v) is 16.5. The van der Waals surface area contributed by atoms with E-state index in [4.69, 9.17) is 9.47 Å². The lowest BCUT2D eigenvalue weighted by molar-refractivity contribution is -0.316. The zero-order valence-corrected chi connectivity index (χ0v) is 25.8. The summed E-state index contributed by atoms with van der Waals surface area (Å²) in [5.41, 5.74) is -0.0369. The van der Waals surface area contributed by atoms with Gasteiger partial charge < -0.3 is 35.0 Å². The van der Waals surface area contributed by atoms with Gasteiger partial charge in [-0.05, 0) is 91.3 Å². The second kappa shape index (κ2) is 12.1. The third-order valence-corrected chi connectivity index (χ3v) is 12.9. The van der Waals surface area contributed by atoms with Crippen LogP contribution in [0.3, 0.4) is 0 Å². The maximum atomic E-state index is 13.9. The van der Waals surface area contributed by atoms with E-state index in [-0.39, 0.29) is 28.4 Å². The largest absolute Gasteiger partial charge is 0.394 e. The number of hydrogen-bond acceptors (Lipinski definition) is 8. The van der Waals surface area contributed by atoms with Gasteiger partial charge in [0.2, 0.25) is 0 Å². The molecule has 5 rings (SSSR count). The number of Topliss-reactive ketones (excluding diaryl/α,β-unsaturated/α-hetero) is 1. The van der Waals surface area contributed by atoms with Gasteiger partial charge in [0.15, 0.2) is 12.1 Å². The number of aliphatic hydroxyl groups excluding tert-OH is 5. The molecule has 0 aromatic carbocycles. The Morgan fingerprint density at radius 3 is 2.27 bits per heavy atom. The molecule has 0 amide bonds. The monoisotopic (exact) mass is 580 g/mol. The second-order valence-electron chi connectivity index (χ2n) is 15.5. The van der Waals surface area contributed by atoms with Gasteiger partial charge in [-0.2, -0.15) is 0 Å². The highest BCUT2D eigenvalue weighted by molar-refractivity contribution is 5.87. The Hall–Kier alpha value is -0.610. The summed E-state index contributed by atoms with van der Waals surface area (Å²) in [6.07, 6.45) is 2.24. The van der Waals surface area contributed by atoms with Crippen LogP contribution < -0.4 is 0 Å². The van der Waals surface area contributed by atoms with Crippen LogP contribution in [0.4, 0.5) is 0 Å². The summed E-state index contributed by atoms with van der Waals surface area (Å²) >= 11 is 0. The molecule has 4 aliphatic carbocycles. The first-order chi connectivity index (χ1) is 19.3. The van der Waals surface area contributed by atoms with Crippen molar-refractivity contribution >= 4 is 5.78 Å². The molecule has 5 fully saturated rings. The third kappa shape index (κ3) is 5.46. The minimum atomic E-state index is -1.50. The molecular weight excluding hydrogens is 524 g/mol. The molecule has 0 aromatic heterocycles. The maximum absolute atomic E-state index is 13.9. The van der Waals surface area contributed by atoms with Crippen molar-refractivity contribution in [1.82, 2.24) is 0 Å². The smallest absolute Gasteiger partial charge is 0.186 e.